The van der Waals surface area contributed by atoms with Gasteiger partial charge in [0.2, 0.25) is 11.8 Å². The van der Waals surface area contributed by atoms with E-state index in [0.717, 1.165) is 24.2 Å². The summed E-state index contributed by atoms with van der Waals surface area (Å²) in [4.78, 5) is 39.7. The fourth-order valence-corrected chi connectivity index (χ4v) is 3.73. The summed E-state index contributed by atoms with van der Waals surface area (Å²) < 4.78 is 5.13. The van der Waals surface area contributed by atoms with Crippen molar-refractivity contribution in [2.45, 2.75) is 38.3 Å². The van der Waals surface area contributed by atoms with Crippen LogP contribution in [0.2, 0.25) is 0 Å². The van der Waals surface area contributed by atoms with Crippen molar-refractivity contribution in [3.8, 4) is 5.75 Å². The van der Waals surface area contributed by atoms with Gasteiger partial charge in [-0.1, -0.05) is 12.1 Å². The van der Waals surface area contributed by atoms with Gasteiger partial charge in [0, 0.05) is 26.1 Å². The number of carbonyl (C=O) groups excluding carboxylic acids is 2. The minimum absolute atomic E-state index is 0.0666. The molecule has 2 aliphatic heterocycles. The fraction of sp³-hybridized carbons (Fsp3) is 0.526. The van der Waals surface area contributed by atoms with Gasteiger partial charge in [-0.3, -0.25) is 9.59 Å². The number of nitrogens with zero attached hydrogens (tertiary/aromatic N) is 2. The van der Waals surface area contributed by atoms with Crippen LogP contribution in [0.15, 0.2) is 24.3 Å². The number of carboxylic acids is 1. The average Bonchev–Trinajstić information content (AvgIpc) is 3.02. The Balaban J connectivity index is 1.64. The van der Waals surface area contributed by atoms with E-state index >= 15 is 0 Å². The Labute approximate surface area is 152 Å². The first-order chi connectivity index (χ1) is 12.5. The summed E-state index contributed by atoms with van der Waals surface area (Å²) in [6, 6.07) is 6.70. The predicted molar refractivity (Wildman–Crippen MR) is 93.5 cm³/mol. The Morgan fingerprint density at radius 3 is 2.62 bits per heavy atom. The highest BCUT2D eigenvalue weighted by Crippen LogP contribution is 2.26. The maximum atomic E-state index is 12.8. The van der Waals surface area contributed by atoms with Crippen LogP contribution in [0, 0.1) is 5.92 Å². The Morgan fingerprint density at radius 1 is 1.23 bits per heavy atom. The second-order valence-electron chi connectivity index (χ2n) is 6.90. The van der Waals surface area contributed by atoms with Crippen LogP contribution in [0.4, 0.5) is 0 Å². The number of piperidine rings is 1. The molecule has 2 unspecified atom stereocenters. The summed E-state index contributed by atoms with van der Waals surface area (Å²) in [6.07, 6.45) is 2.26. The summed E-state index contributed by atoms with van der Waals surface area (Å²) in [5.74, 6) is -0.941. The van der Waals surface area contributed by atoms with Crippen LogP contribution >= 0.6 is 0 Å². The van der Waals surface area contributed by atoms with E-state index in [2.05, 4.69) is 0 Å². The number of carbonyl (C=O) groups is 3. The van der Waals surface area contributed by atoms with E-state index in [0.29, 0.717) is 26.1 Å². The van der Waals surface area contributed by atoms with Crippen molar-refractivity contribution < 1.29 is 24.2 Å². The first-order valence-corrected chi connectivity index (χ1v) is 8.93. The number of hydrogen-bond acceptors (Lipinski definition) is 4. The van der Waals surface area contributed by atoms with Gasteiger partial charge < -0.3 is 19.6 Å². The number of carboxylic acid groups (broad SMARTS) is 1. The number of hydrogen-bond donors (Lipinski definition) is 1. The third kappa shape index (κ3) is 3.81. The third-order valence-electron chi connectivity index (χ3n) is 5.17. The molecule has 1 aromatic rings. The molecule has 0 bridgehead atoms. The number of ether oxygens (including phenoxy) is 1. The molecule has 1 N–H and O–H groups in total. The second kappa shape index (κ2) is 7.76. The normalized spacial score (nSPS) is 23.2. The van der Waals surface area contributed by atoms with Crippen molar-refractivity contribution in [3.05, 3.63) is 29.8 Å². The van der Waals surface area contributed by atoms with Crippen LogP contribution in [0.3, 0.4) is 0 Å². The summed E-state index contributed by atoms with van der Waals surface area (Å²) in [5.41, 5.74) is 0.966. The molecule has 7 heteroatoms. The smallest absolute Gasteiger partial charge is 0.326 e. The van der Waals surface area contributed by atoms with Crippen LogP contribution in [-0.4, -0.2) is 58.9 Å². The molecule has 2 amide bonds. The minimum Gasteiger partial charge on any atom is -0.497 e. The van der Waals surface area contributed by atoms with E-state index in [9.17, 15) is 19.5 Å². The van der Waals surface area contributed by atoms with Gasteiger partial charge in [0.05, 0.1) is 13.0 Å². The molecule has 0 spiro atoms. The molecule has 0 radical (unpaired) electrons. The highest BCUT2D eigenvalue weighted by molar-refractivity contribution is 5.91. The van der Waals surface area contributed by atoms with Gasteiger partial charge in [0.1, 0.15) is 11.8 Å². The molecule has 7 nitrogen and oxygen atoms in total. The highest BCUT2D eigenvalue weighted by atomic mass is 16.5. The summed E-state index contributed by atoms with van der Waals surface area (Å²) in [6.45, 7) is 1.24. The molecular weight excluding hydrogens is 336 g/mol. The predicted octanol–water partition coefficient (Wildman–Crippen LogP) is 1.51. The quantitative estimate of drug-likeness (QED) is 0.860. The molecule has 0 aliphatic carbocycles. The van der Waals surface area contributed by atoms with Crippen molar-refractivity contribution in [2.24, 2.45) is 5.92 Å². The molecule has 2 atom stereocenters. The van der Waals surface area contributed by atoms with E-state index in [1.807, 2.05) is 24.3 Å². The molecule has 2 fully saturated rings. The van der Waals surface area contributed by atoms with E-state index in [1.165, 1.54) is 4.90 Å². The van der Waals surface area contributed by atoms with E-state index in [-0.39, 0.29) is 18.2 Å². The lowest BCUT2D eigenvalue weighted by atomic mass is 9.98. The largest absolute Gasteiger partial charge is 0.497 e. The van der Waals surface area contributed by atoms with Crippen LogP contribution in [0.5, 0.6) is 5.75 Å². The fourth-order valence-electron chi connectivity index (χ4n) is 3.73. The maximum absolute atomic E-state index is 12.8. The SMILES string of the molecule is COc1ccc(CN2CC(C(=O)N3CCCCC3C(=O)O)CC2=O)cc1. The van der Waals surface area contributed by atoms with Crippen molar-refractivity contribution in [1.29, 1.82) is 0 Å². The van der Waals surface area contributed by atoms with Crippen LogP contribution in [0.1, 0.15) is 31.2 Å². The van der Waals surface area contributed by atoms with Crippen LogP contribution in [-0.2, 0) is 20.9 Å². The van der Waals surface area contributed by atoms with Crippen molar-refractivity contribution >= 4 is 17.8 Å². The molecule has 2 saturated heterocycles. The molecule has 2 heterocycles. The highest BCUT2D eigenvalue weighted by Gasteiger charge is 2.40. The number of amides is 2. The summed E-state index contributed by atoms with van der Waals surface area (Å²) in [7, 11) is 1.60. The zero-order valence-corrected chi connectivity index (χ0v) is 14.9. The Bertz CT molecular complexity index is 688. The van der Waals surface area contributed by atoms with Crippen LogP contribution in [0.25, 0.3) is 0 Å². The Hall–Kier alpha value is -2.57. The number of benzene rings is 1. The lowest BCUT2D eigenvalue weighted by molar-refractivity contribution is -0.153. The van der Waals surface area contributed by atoms with Gasteiger partial charge in [-0.2, -0.15) is 0 Å². The molecule has 26 heavy (non-hydrogen) atoms. The van der Waals surface area contributed by atoms with E-state index in [4.69, 9.17) is 4.74 Å². The van der Waals surface area contributed by atoms with Gasteiger partial charge >= 0.3 is 5.97 Å². The number of rotatable bonds is 5. The first-order valence-electron chi connectivity index (χ1n) is 8.93. The molecule has 140 valence electrons. The van der Waals surface area contributed by atoms with E-state index < -0.39 is 17.9 Å². The zero-order valence-electron chi connectivity index (χ0n) is 14.9. The number of likely N-dealkylation sites (tertiary alicyclic amines) is 2. The van der Waals surface area contributed by atoms with Crippen molar-refractivity contribution in [2.75, 3.05) is 20.2 Å². The van der Waals surface area contributed by atoms with Gasteiger partial charge in [0.15, 0.2) is 0 Å². The lowest BCUT2D eigenvalue weighted by Gasteiger charge is -2.34. The van der Waals surface area contributed by atoms with Gasteiger partial charge in [-0.15, -0.1) is 0 Å². The maximum Gasteiger partial charge on any atom is 0.326 e. The molecular formula is C19H24N2O5. The minimum atomic E-state index is -0.961. The average molecular weight is 360 g/mol. The summed E-state index contributed by atoms with van der Waals surface area (Å²) in [5, 5.41) is 9.36. The van der Waals surface area contributed by atoms with Gasteiger partial charge in [-0.05, 0) is 37.0 Å². The molecule has 2 aliphatic rings. The Morgan fingerprint density at radius 2 is 1.96 bits per heavy atom. The summed E-state index contributed by atoms with van der Waals surface area (Å²) >= 11 is 0. The first kappa shape index (κ1) is 18.2. The lowest BCUT2D eigenvalue weighted by Crippen LogP contribution is -2.50. The third-order valence-corrected chi connectivity index (χ3v) is 5.17. The molecule has 3 rings (SSSR count). The zero-order chi connectivity index (χ0) is 18.7. The Kier molecular flexibility index (Phi) is 5.44. The van der Waals surface area contributed by atoms with Crippen molar-refractivity contribution in [3.63, 3.8) is 0 Å². The molecule has 0 saturated carbocycles. The topological polar surface area (TPSA) is 87.2 Å². The molecule has 0 aromatic heterocycles. The van der Waals surface area contributed by atoms with Crippen LogP contribution < -0.4 is 4.74 Å². The van der Waals surface area contributed by atoms with Crippen molar-refractivity contribution in [1.82, 2.24) is 9.80 Å². The number of aliphatic carboxylic acids is 1. The second-order valence-corrected chi connectivity index (χ2v) is 6.90. The van der Waals surface area contributed by atoms with E-state index in [1.54, 1.807) is 12.0 Å². The monoisotopic (exact) mass is 360 g/mol. The number of methoxy groups -OCH3 is 1. The standard InChI is InChI=1S/C19H24N2O5/c1-26-15-7-5-13(6-8-15)11-20-12-14(10-17(20)22)18(23)21-9-3-2-4-16(21)19(24)25/h5-8,14,16H,2-4,9-12H2,1H3,(H,24,25). The van der Waals surface area contributed by atoms with Gasteiger partial charge in [0.25, 0.3) is 0 Å². The molecule has 1 aromatic carbocycles. The van der Waals surface area contributed by atoms with Gasteiger partial charge in [-0.25, -0.2) is 4.79 Å².